The molecule has 1 aliphatic heterocycles. The fraction of sp³-hybridized carbons (Fsp3) is 0.250. The zero-order chi connectivity index (χ0) is 19.7. The lowest BCUT2D eigenvalue weighted by atomic mass is 10.2. The van der Waals surface area contributed by atoms with E-state index in [2.05, 4.69) is 26.7 Å². The maximum absolute atomic E-state index is 11.9. The smallest absolute Gasteiger partial charge is 0.246 e. The third-order valence-electron chi connectivity index (χ3n) is 4.98. The summed E-state index contributed by atoms with van der Waals surface area (Å²) in [6.45, 7) is 4.90. The minimum Gasteiger partial charge on any atom is -0.456 e. The van der Waals surface area contributed by atoms with Crippen LogP contribution in [0.3, 0.4) is 0 Å². The van der Waals surface area contributed by atoms with E-state index in [0.29, 0.717) is 35.3 Å². The number of anilines is 1. The van der Waals surface area contributed by atoms with Gasteiger partial charge < -0.3 is 14.5 Å². The summed E-state index contributed by atoms with van der Waals surface area (Å²) in [5.74, 6) is 2.02. The van der Waals surface area contributed by atoms with E-state index in [1.807, 2.05) is 25.2 Å². The lowest BCUT2D eigenvalue weighted by molar-refractivity contribution is -0.125. The van der Waals surface area contributed by atoms with Crippen LogP contribution in [0.25, 0.3) is 11.0 Å². The highest BCUT2D eigenvalue weighted by Crippen LogP contribution is 2.35. The van der Waals surface area contributed by atoms with E-state index in [0.717, 1.165) is 17.6 Å². The normalized spacial score (nSPS) is 16.4. The highest BCUT2D eigenvalue weighted by Gasteiger charge is 2.30. The molecule has 0 bridgehead atoms. The number of nitrogens with one attached hydrogen (secondary N) is 1. The van der Waals surface area contributed by atoms with Crippen LogP contribution in [0, 0.1) is 0 Å². The van der Waals surface area contributed by atoms with E-state index in [1.165, 1.54) is 6.08 Å². The molecule has 1 atom stereocenters. The first-order valence-electron chi connectivity index (χ1n) is 8.97. The maximum Gasteiger partial charge on any atom is 0.246 e. The van der Waals surface area contributed by atoms with E-state index < -0.39 is 0 Å². The second-order valence-electron chi connectivity index (χ2n) is 6.68. The fourth-order valence-electron chi connectivity index (χ4n) is 3.44. The molecule has 1 N–H and O–H groups in total. The first-order chi connectivity index (χ1) is 13.6. The quantitative estimate of drug-likeness (QED) is 0.665. The Hall–Kier alpha value is -3.06. The van der Waals surface area contributed by atoms with Crippen molar-refractivity contribution in [3.8, 4) is 11.5 Å². The number of likely N-dealkylation sites (N-methyl/N-ethyl adjacent to an activating group) is 1. The number of hydrogen-bond donors (Lipinski definition) is 1. The van der Waals surface area contributed by atoms with Gasteiger partial charge in [0.2, 0.25) is 5.91 Å². The van der Waals surface area contributed by atoms with Crippen LogP contribution in [-0.2, 0) is 4.79 Å². The molecule has 0 radical (unpaired) electrons. The number of aromatic nitrogens is 3. The summed E-state index contributed by atoms with van der Waals surface area (Å²) >= 11 is 5.95. The van der Waals surface area contributed by atoms with Crippen LogP contribution < -0.4 is 9.64 Å². The number of nitrogens with zero attached hydrogens (tertiary/aromatic N) is 4. The number of aromatic amines is 1. The number of likely N-dealkylation sites (tertiary alicyclic amines) is 1. The van der Waals surface area contributed by atoms with Crippen LogP contribution in [-0.4, -0.2) is 52.2 Å². The Labute approximate surface area is 167 Å². The average Bonchev–Trinajstić information content (AvgIpc) is 3.36. The summed E-state index contributed by atoms with van der Waals surface area (Å²) in [5, 5.41) is 8.88. The predicted molar refractivity (Wildman–Crippen MR) is 109 cm³/mol. The molecule has 2 aromatic heterocycles. The van der Waals surface area contributed by atoms with Gasteiger partial charge >= 0.3 is 0 Å². The minimum absolute atomic E-state index is 0.0452. The Morgan fingerprint density at radius 3 is 2.93 bits per heavy atom. The fourth-order valence-corrected chi connectivity index (χ4v) is 3.56. The van der Waals surface area contributed by atoms with Crippen LogP contribution in [0.4, 0.5) is 5.82 Å². The van der Waals surface area contributed by atoms with Crippen LogP contribution in [0.1, 0.15) is 6.42 Å². The topological polar surface area (TPSA) is 74.4 Å². The Bertz CT molecular complexity index is 1020. The molecule has 3 aromatic rings. The van der Waals surface area contributed by atoms with Gasteiger partial charge in [-0.25, -0.2) is 4.98 Å². The molecular formula is C20H20ClN5O2. The SMILES string of the molecule is C=CC(=O)N1CC[C@@H](N(C)c2n[nH]c3nccc(Oc4ccc(Cl)cc4)c23)C1. The van der Waals surface area contributed by atoms with Gasteiger partial charge in [-0.2, -0.15) is 5.10 Å². The highest BCUT2D eigenvalue weighted by atomic mass is 35.5. The van der Waals surface area contributed by atoms with Crippen LogP contribution in [0.15, 0.2) is 49.2 Å². The highest BCUT2D eigenvalue weighted by molar-refractivity contribution is 6.30. The first kappa shape index (κ1) is 18.3. The van der Waals surface area contributed by atoms with Gasteiger partial charge in [0.25, 0.3) is 0 Å². The number of H-pyrrole nitrogens is 1. The molecule has 0 aliphatic carbocycles. The number of ether oxygens (including phenoxy) is 1. The van der Waals surface area contributed by atoms with Crippen molar-refractivity contribution in [3.05, 3.63) is 54.2 Å². The number of carbonyl (C=O) groups is 1. The van der Waals surface area contributed by atoms with Gasteiger partial charge in [-0.05, 0) is 36.8 Å². The van der Waals surface area contributed by atoms with E-state index in [4.69, 9.17) is 16.3 Å². The van der Waals surface area contributed by atoms with Crippen LogP contribution in [0.5, 0.6) is 11.5 Å². The number of rotatable bonds is 5. The third-order valence-corrected chi connectivity index (χ3v) is 5.23. The second-order valence-corrected chi connectivity index (χ2v) is 7.11. The standard InChI is InChI=1S/C20H20ClN5O2/c1-3-17(27)26-11-9-14(12-26)25(2)20-18-16(8-10-22-19(18)23-24-20)28-15-6-4-13(21)5-7-15/h3-8,10,14H,1,9,11-12H2,2H3,(H,22,23,24)/t14-/m1/s1. The van der Waals surface area contributed by atoms with Crippen molar-refractivity contribution in [2.45, 2.75) is 12.5 Å². The molecule has 1 fully saturated rings. The summed E-state index contributed by atoms with van der Waals surface area (Å²) in [4.78, 5) is 20.1. The second kappa shape index (κ2) is 7.52. The lowest BCUT2D eigenvalue weighted by Crippen LogP contribution is -2.36. The summed E-state index contributed by atoms with van der Waals surface area (Å²) < 4.78 is 6.07. The van der Waals surface area contributed by atoms with Gasteiger partial charge in [-0.3, -0.25) is 9.89 Å². The molecule has 1 aromatic carbocycles. The first-order valence-corrected chi connectivity index (χ1v) is 9.35. The van der Waals surface area contributed by atoms with Gasteiger partial charge in [0, 0.05) is 43.5 Å². The molecule has 1 aliphatic rings. The minimum atomic E-state index is -0.0452. The van der Waals surface area contributed by atoms with E-state index in [-0.39, 0.29) is 11.9 Å². The number of pyridine rings is 1. The number of hydrogen-bond acceptors (Lipinski definition) is 5. The number of amides is 1. The monoisotopic (exact) mass is 397 g/mol. The van der Waals surface area contributed by atoms with Crippen molar-refractivity contribution in [1.29, 1.82) is 0 Å². The number of halogens is 1. The lowest BCUT2D eigenvalue weighted by Gasteiger charge is -2.25. The molecule has 0 spiro atoms. The van der Waals surface area contributed by atoms with Gasteiger partial charge in [0.1, 0.15) is 16.9 Å². The Balaban J connectivity index is 1.63. The molecule has 4 rings (SSSR count). The summed E-state index contributed by atoms with van der Waals surface area (Å²) in [7, 11) is 1.97. The molecule has 0 saturated carbocycles. The molecule has 8 heteroatoms. The van der Waals surface area contributed by atoms with E-state index in [1.54, 1.807) is 23.2 Å². The number of carbonyl (C=O) groups excluding carboxylic acids is 1. The van der Waals surface area contributed by atoms with Gasteiger partial charge in [-0.15, -0.1) is 0 Å². The molecule has 7 nitrogen and oxygen atoms in total. The molecule has 0 unspecified atom stereocenters. The van der Waals surface area contributed by atoms with Crippen LogP contribution >= 0.6 is 11.6 Å². The van der Waals surface area contributed by atoms with Crippen molar-refractivity contribution < 1.29 is 9.53 Å². The Morgan fingerprint density at radius 1 is 1.39 bits per heavy atom. The maximum atomic E-state index is 11.9. The summed E-state index contributed by atoms with van der Waals surface area (Å²) in [6, 6.07) is 9.15. The largest absolute Gasteiger partial charge is 0.456 e. The molecule has 1 saturated heterocycles. The average molecular weight is 398 g/mol. The molecule has 144 valence electrons. The summed E-state index contributed by atoms with van der Waals surface area (Å²) in [5.41, 5.74) is 0.644. The summed E-state index contributed by atoms with van der Waals surface area (Å²) in [6.07, 6.45) is 3.89. The van der Waals surface area contributed by atoms with Gasteiger partial charge in [-0.1, -0.05) is 18.2 Å². The number of fused-ring (bicyclic) bond motifs is 1. The predicted octanol–water partition coefficient (Wildman–Crippen LogP) is 3.63. The van der Waals surface area contributed by atoms with Crippen molar-refractivity contribution in [2.75, 3.05) is 25.0 Å². The molecule has 28 heavy (non-hydrogen) atoms. The molecule has 1 amide bonds. The Kier molecular flexibility index (Phi) is 4.92. The van der Waals surface area contributed by atoms with Gasteiger partial charge in [0.05, 0.1) is 0 Å². The zero-order valence-electron chi connectivity index (χ0n) is 15.4. The molecule has 3 heterocycles. The number of benzene rings is 1. The van der Waals surface area contributed by atoms with Crippen molar-refractivity contribution >= 4 is 34.4 Å². The van der Waals surface area contributed by atoms with Crippen molar-refractivity contribution in [1.82, 2.24) is 20.1 Å². The van der Waals surface area contributed by atoms with Crippen molar-refractivity contribution in [3.63, 3.8) is 0 Å². The van der Waals surface area contributed by atoms with E-state index in [9.17, 15) is 4.79 Å². The zero-order valence-corrected chi connectivity index (χ0v) is 16.2. The van der Waals surface area contributed by atoms with Crippen LogP contribution in [0.2, 0.25) is 5.02 Å². The van der Waals surface area contributed by atoms with Crippen molar-refractivity contribution in [2.24, 2.45) is 0 Å². The van der Waals surface area contributed by atoms with Gasteiger partial charge in [0.15, 0.2) is 11.5 Å². The molecular weight excluding hydrogens is 378 g/mol. The van der Waals surface area contributed by atoms with E-state index >= 15 is 0 Å². The third kappa shape index (κ3) is 3.41. The Morgan fingerprint density at radius 2 is 2.18 bits per heavy atom.